The van der Waals surface area contributed by atoms with E-state index in [-0.39, 0.29) is 27.7 Å². The summed E-state index contributed by atoms with van der Waals surface area (Å²) < 4.78 is 62.3. The average molecular weight is 456 g/mol. The third kappa shape index (κ3) is 4.09. The van der Waals surface area contributed by atoms with Gasteiger partial charge in [-0.15, -0.1) is 0 Å². The van der Waals surface area contributed by atoms with Gasteiger partial charge in [-0.25, -0.2) is 17.2 Å². The van der Waals surface area contributed by atoms with Crippen molar-refractivity contribution in [3.05, 3.63) is 77.9 Å². The molecule has 32 heavy (non-hydrogen) atoms. The van der Waals surface area contributed by atoms with E-state index in [2.05, 4.69) is 16.9 Å². The number of rotatable bonds is 6. The van der Waals surface area contributed by atoms with E-state index in [0.717, 1.165) is 12.5 Å². The summed E-state index contributed by atoms with van der Waals surface area (Å²) in [6.07, 6.45) is 0.887. The lowest BCUT2D eigenvalue weighted by atomic mass is 10.1. The third-order valence-electron chi connectivity index (χ3n) is 5.11. The molecule has 0 bridgehead atoms. The van der Waals surface area contributed by atoms with Crippen molar-refractivity contribution < 1.29 is 26.7 Å². The summed E-state index contributed by atoms with van der Waals surface area (Å²) in [4.78, 5) is 13.8. The van der Waals surface area contributed by atoms with Gasteiger partial charge in [0, 0.05) is 30.3 Å². The van der Waals surface area contributed by atoms with Crippen LogP contribution in [0.15, 0.2) is 53.4 Å². The highest BCUT2D eigenvalue weighted by Crippen LogP contribution is 2.32. The topological polar surface area (TPSA) is 75.7 Å². The molecule has 1 saturated heterocycles. The Kier molecular flexibility index (Phi) is 5.72. The molecule has 1 N–H and O–H groups in total. The normalized spacial score (nSPS) is 13.2. The second-order valence-corrected chi connectivity index (χ2v) is 8.80. The highest BCUT2D eigenvalue weighted by molar-refractivity contribution is 7.92. The van der Waals surface area contributed by atoms with E-state index in [1.165, 1.54) is 37.4 Å². The van der Waals surface area contributed by atoms with Crippen molar-refractivity contribution in [1.82, 2.24) is 4.90 Å². The van der Waals surface area contributed by atoms with Gasteiger partial charge in [0.1, 0.15) is 22.3 Å². The number of ether oxygens (including phenoxy) is 1. The van der Waals surface area contributed by atoms with Crippen LogP contribution in [0.5, 0.6) is 5.75 Å². The summed E-state index contributed by atoms with van der Waals surface area (Å²) in [6, 6.07) is 15.5. The second kappa shape index (κ2) is 8.48. The number of sulfonamides is 1. The number of hydrogen-bond donors (Lipinski definition) is 1. The summed E-state index contributed by atoms with van der Waals surface area (Å²) >= 11 is 0. The van der Waals surface area contributed by atoms with E-state index in [1.54, 1.807) is 11.0 Å². The van der Waals surface area contributed by atoms with Gasteiger partial charge in [0.05, 0.1) is 12.8 Å². The summed E-state index contributed by atoms with van der Waals surface area (Å²) in [5, 5.41) is 0. The predicted molar refractivity (Wildman–Crippen MR) is 114 cm³/mol. The summed E-state index contributed by atoms with van der Waals surface area (Å²) in [6.45, 7) is 1.20. The van der Waals surface area contributed by atoms with Gasteiger partial charge in [-0.2, -0.15) is 0 Å². The Bertz CT molecular complexity index is 1280. The number of benzene rings is 2. The molecular weight excluding hydrogens is 438 g/mol. The van der Waals surface area contributed by atoms with Gasteiger partial charge in [-0.3, -0.25) is 9.52 Å². The molecule has 1 amide bonds. The molecule has 0 radical (unpaired) electrons. The molecule has 0 spiro atoms. The van der Waals surface area contributed by atoms with Crippen molar-refractivity contribution in [1.29, 1.82) is 0 Å². The van der Waals surface area contributed by atoms with Crippen LogP contribution in [0.4, 0.5) is 14.5 Å². The molecule has 164 valence electrons. The van der Waals surface area contributed by atoms with E-state index in [4.69, 9.17) is 4.74 Å². The first-order chi connectivity index (χ1) is 15.3. The first-order valence-electron chi connectivity index (χ1n) is 9.67. The van der Waals surface area contributed by atoms with Crippen LogP contribution in [0.25, 0.3) is 11.1 Å². The number of carbonyl (C=O) groups excluding carboxylic acids is 1. The van der Waals surface area contributed by atoms with E-state index in [0.29, 0.717) is 24.7 Å². The molecule has 1 aliphatic rings. The third-order valence-corrected chi connectivity index (χ3v) is 6.50. The zero-order chi connectivity index (χ0) is 22.9. The first-order valence-corrected chi connectivity index (χ1v) is 11.2. The van der Waals surface area contributed by atoms with Gasteiger partial charge in [0.15, 0.2) is 0 Å². The van der Waals surface area contributed by atoms with E-state index >= 15 is 0 Å². The fraction of sp³-hybridized carbons (Fsp3) is 0.174. The smallest absolute Gasteiger partial charge is 0.265 e. The van der Waals surface area contributed by atoms with Gasteiger partial charge in [-0.1, -0.05) is 12.1 Å². The highest BCUT2D eigenvalue weighted by Gasteiger charge is 2.27. The fourth-order valence-electron chi connectivity index (χ4n) is 3.28. The molecule has 1 aliphatic heterocycles. The number of nitrogens with zero attached hydrogens (tertiary/aromatic N) is 1. The maximum atomic E-state index is 14.5. The van der Waals surface area contributed by atoms with Gasteiger partial charge in [-0.05, 0) is 54.4 Å². The van der Waals surface area contributed by atoms with Crippen LogP contribution in [0.2, 0.25) is 0 Å². The molecule has 0 unspecified atom stereocenters. The number of likely N-dealkylation sites (tertiary alicyclic amines) is 1. The minimum atomic E-state index is -4.38. The number of anilines is 1. The Labute approximate surface area is 184 Å². The average Bonchev–Trinajstić information content (AvgIpc) is 2.74. The predicted octanol–water partition coefficient (Wildman–Crippen LogP) is 3.89. The summed E-state index contributed by atoms with van der Waals surface area (Å²) in [5.41, 5.74) is 0.0856. The maximum absolute atomic E-state index is 14.5. The van der Waals surface area contributed by atoms with Crippen LogP contribution in [-0.2, 0) is 10.0 Å². The molecule has 0 atom stereocenters. The SMILES string of the molecule is COc1ccc(C(=O)N2CCC2)cc1S(=O)(=O)Nc1cc(-c2cc#ccc2)c(F)cc1F. The second-order valence-electron chi connectivity index (χ2n) is 7.15. The largest absolute Gasteiger partial charge is 0.495 e. The quantitative estimate of drug-likeness (QED) is 0.611. The molecule has 1 heterocycles. The maximum Gasteiger partial charge on any atom is 0.265 e. The van der Waals surface area contributed by atoms with Crippen LogP contribution in [0.3, 0.4) is 0 Å². The fourth-order valence-corrected chi connectivity index (χ4v) is 4.54. The molecule has 0 aromatic heterocycles. The van der Waals surface area contributed by atoms with Gasteiger partial charge in [0.25, 0.3) is 15.9 Å². The number of nitrogens with one attached hydrogen (secondary N) is 1. The van der Waals surface area contributed by atoms with Crippen molar-refractivity contribution in [2.75, 3.05) is 24.9 Å². The molecule has 6 nitrogen and oxygen atoms in total. The number of methoxy groups -OCH3 is 1. The minimum absolute atomic E-state index is 0.0111. The first kappa shape index (κ1) is 21.6. The summed E-state index contributed by atoms with van der Waals surface area (Å²) in [7, 11) is -3.10. The van der Waals surface area contributed by atoms with Gasteiger partial charge < -0.3 is 9.64 Å². The molecule has 3 aromatic carbocycles. The zero-order valence-electron chi connectivity index (χ0n) is 17.0. The van der Waals surface area contributed by atoms with Crippen molar-refractivity contribution in [3.63, 3.8) is 0 Å². The number of halogens is 2. The minimum Gasteiger partial charge on any atom is -0.495 e. The van der Waals surface area contributed by atoms with Crippen LogP contribution < -0.4 is 9.46 Å². The van der Waals surface area contributed by atoms with Gasteiger partial charge >= 0.3 is 0 Å². The van der Waals surface area contributed by atoms with Crippen LogP contribution >= 0.6 is 0 Å². The summed E-state index contributed by atoms with van der Waals surface area (Å²) in [5.74, 6) is -2.27. The van der Waals surface area contributed by atoms with Crippen LogP contribution in [0.1, 0.15) is 16.8 Å². The Balaban J connectivity index is 1.72. The molecule has 0 saturated carbocycles. The lowest BCUT2D eigenvalue weighted by Gasteiger charge is -2.31. The van der Waals surface area contributed by atoms with Crippen molar-refractivity contribution in [3.8, 4) is 16.9 Å². The number of carbonyl (C=O) groups is 1. The monoisotopic (exact) mass is 456 g/mol. The molecule has 0 aliphatic carbocycles. The highest BCUT2D eigenvalue weighted by atomic mass is 32.2. The molecule has 9 heteroatoms. The van der Waals surface area contributed by atoms with E-state index < -0.39 is 27.3 Å². The van der Waals surface area contributed by atoms with E-state index in [9.17, 15) is 22.0 Å². The lowest BCUT2D eigenvalue weighted by molar-refractivity contribution is 0.0651. The Morgan fingerprint density at radius 3 is 2.50 bits per heavy atom. The standard InChI is InChI=1S/C23H18F2N2O4S/c1-31-21-9-8-16(23(28)27-10-5-11-27)12-22(21)32(29,30)26-20-13-17(18(24)14-19(20)25)15-6-3-2-4-7-15/h3,6-9,12-14,26H,5,10-11H2,1H3. The lowest BCUT2D eigenvalue weighted by Crippen LogP contribution is -2.42. The Hall–Kier alpha value is -3.64. The molecule has 3 aromatic rings. The Morgan fingerprint density at radius 2 is 1.88 bits per heavy atom. The van der Waals surface area contributed by atoms with Gasteiger partial charge in [0.2, 0.25) is 0 Å². The molecule has 4 rings (SSSR count). The van der Waals surface area contributed by atoms with Crippen molar-refractivity contribution in [2.24, 2.45) is 0 Å². The molecule has 1 fully saturated rings. The zero-order valence-corrected chi connectivity index (χ0v) is 17.8. The van der Waals surface area contributed by atoms with Crippen LogP contribution in [0, 0.1) is 23.8 Å². The number of hydrogen-bond acceptors (Lipinski definition) is 4. The van der Waals surface area contributed by atoms with Crippen molar-refractivity contribution >= 4 is 21.6 Å². The number of amides is 1. The molecular formula is C23H18F2N2O4S. The van der Waals surface area contributed by atoms with E-state index in [1.807, 2.05) is 0 Å². The van der Waals surface area contributed by atoms with Crippen LogP contribution in [-0.4, -0.2) is 39.4 Å². The Morgan fingerprint density at radius 1 is 1.09 bits per heavy atom. The van der Waals surface area contributed by atoms with Crippen molar-refractivity contribution in [2.45, 2.75) is 11.3 Å².